The highest BCUT2D eigenvalue weighted by Crippen LogP contribution is 2.32. The smallest absolute Gasteiger partial charge is 0.321 e. The molecule has 0 saturated heterocycles. The number of thioether (sulfide) groups is 1. The first-order valence-electron chi connectivity index (χ1n) is 10.7. The third kappa shape index (κ3) is 6.13. The van der Waals surface area contributed by atoms with E-state index in [2.05, 4.69) is 40.7 Å². The van der Waals surface area contributed by atoms with Crippen molar-refractivity contribution in [1.82, 2.24) is 25.4 Å². The van der Waals surface area contributed by atoms with Crippen LogP contribution in [0.5, 0.6) is 5.75 Å². The van der Waals surface area contributed by atoms with Gasteiger partial charge < -0.3 is 10.1 Å². The average Bonchev–Trinajstić information content (AvgIpc) is 3.20. The first-order chi connectivity index (χ1) is 15.8. The molecule has 0 fully saturated rings. The van der Waals surface area contributed by atoms with Gasteiger partial charge in [0.25, 0.3) is 0 Å². The minimum Gasteiger partial charge on any atom is -0.497 e. The van der Waals surface area contributed by atoms with Crippen LogP contribution >= 0.6 is 11.8 Å². The molecule has 0 bridgehead atoms. The quantitative estimate of drug-likeness (QED) is 0.477. The van der Waals surface area contributed by atoms with Crippen LogP contribution in [0.15, 0.2) is 53.7 Å². The van der Waals surface area contributed by atoms with E-state index in [-0.39, 0.29) is 17.7 Å². The molecule has 1 aromatic heterocycles. The first kappa shape index (κ1) is 24.3. The van der Waals surface area contributed by atoms with Gasteiger partial charge in [-0.1, -0.05) is 43.8 Å². The molecule has 1 heterocycles. The lowest BCUT2D eigenvalue weighted by atomic mass is 10.0. The fraction of sp³-hybridized carbons (Fsp3) is 0.333. The summed E-state index contributed by atoms with van der Waals surface area (Å²) in [6.45, 7) is 7.91. The number of nitrogens with one attached hydrogen (secondary N) is 2. The maximum Gasteiger partial charge on any atom is 0.321 e. The Labute approximate surface area is 198 Å². The van der Waals surface area contributed by atoms with Crippen LogP contribution in [0.3, 0.4) is 0 Å². The van der Waals surface area contributed by atoms with Gasteiger partial charge >= 0.3 is 6.03 Å². The molecule has 0 unspecified atom stereocenters. The normalized spacial score (nSPS) is 11.0. The molecule has 8 nitrogen and oxygen atoms in total. The minimum absolute atomic E-state index is 0.0239. The molecule has 3 rings (SSSR count). The van der Waals surface area contributed by atoms with Gasteiger partial charge in [-0.05, 0) is 55.7 Å². The SMILES string of the molecule is COc1ccc(-c2nnc(SCC(=O)NC(=O)NC(C)C)n2-c2ccccc2C(C)C)cc1. The number of hydrogen-bond donors (Lipinski definition) is 2. The molecule has 3 aromatic rings. The van der Waals surface area contributed by atoms with Crippen LogP contribution < -0.4 is 15.4 Å². The Morgan fingerprint density at radius 2 is 1.73 bits per heavy atom. The number of imide groups is 1. The Hall–Kier alpha value is -3.33. The van der Waals surface area contributed by atoms with Crippen LogP contribution in [0.2, 0.25) is 0 Å². The zero-order valence-electron chi connectivity index (χ0n) is 19.5. The zero-order chi connectivity index (χ0) is 24.0. The van der Waals surface area contributed by atoms with Gasteiger partial charge in [0.1, 0.15) is 5.75 Å². The molecule has 0 spiro atoms. The van der Waals surface area contributed by atoms with Crippen LogP contribution in [0.4, 0.5) is 4.79 Å². The zero-order valence-corrected chi connectivity index (χ0v) is 20.3. The lowest BCUT2D eigenvalue weighted by Crippen LogP contribution is -2.43. The van der Waals surface area contributed by atoms with E-state index < -0.39 is 11.9 Å². The number of para-hydroxylation sites is 1. The van der Waals surface area contributed by atoms with Crippen molar-refractivity contribution >= 4 is 23.7 Å². The van der Waals surface area contributed by atoms with E-state index in [1.807, 2.05) is 60.9 Å². The molecule has 174 valence electrons. The number of carbonyl (C=O) groups excluding carboxylic acids is 2. The van der Waals surface area contributed by atoms with Gasteiger partial charge in [-0.2, -0.15) is 0 Å². The van der Waals surface area contributed by atoms with E-state index in [1.165, 1.54) is 11.8 Å². The second-order valence-electron chi connectivity index (χ2n) is 8.05. The predicted molar refractivity (Wildman–Crippen MR) is 130 cm³/mol. The monoisotopic (exact) mass is 467 g/mol. The molecule has 0 saturated carbocycles. The maximum atomic E-state index is 12.3. The van der Waals surface area contributed by atoms with E-state index in [9.17, 15) is 9.59 Å². The van der Waals surface area contributed by atoms with Gasteiger partial charge in [0.15, 0.2) is 11.0 Å². The first-order valence-corrected chi connectivity index (χ1v) is 11.7. The van der Waals surface area contributed by atoms with Crippen LogP contribution in [0.25, 0.3) is 17.1 Å². The number of carbonyl (C=O) groups is 2. The van der Waals surface area contributed by atoms with E-state index in [1.54, 1.807) is 7.11 Å². The number of benzene rings is 2. The molecule has 3 amide bonds. The van der Waals surface area contributed by atoms with Gasteiger partial charge in [0.05, 0.1) is 18.6 Å². The summed E-state index contributed by atoms with van der Waals surface area (Å²) in [5.41, 5.74) is 2.95. The fourth-order valence-electron chi connectivity index (χ4n) is 3.28. The predicted octanol–water partition coefficient (Wildman–Crippen LogP) is 4.39. The summed E-state index contributed by atoms with van der Waals surface area (Å²) in [7, 11) is 1.62. The number of hydrogen-bond acceptors (Lipinski definition) is 6. The summed E-state index contributed by atoms with van der Waals surface area (Å²) in [6, 6.07) is 15.1. The van der Waals surface area contributed by atoms with Gasteiger partial charge in [-0.3, -0.25) is 14.7 Å². The topological polar surface area (TPSA) is 98.1 Å². The van der Waals surface area contributed by atoms with Crippen molar-refractivity contribution in [3.63, 3.8) is 0 Å². The van der Waals surface area contributed by atoms with Crippen LogP contribution in [-0.4, -0.2) is 45.6 Å². The fourth-order valence-corrected chi connectivity index (χ4v) is 4.02. The molecule has 33 heavy (non-hydrogen) atoms. The Bertz CT molecular complexity index is 1110. The summed E-state index contributed by atoms with van der Waals surface area (Å²) in [5.74, 6) is 1.30. The largest absolute Gasteiger partial charge is 0.497 e. The summed E-state index contributed by atoms with van der Waals surface area (Å²) in [5, 5.41) is 14.4. The van der Waals surface area contributed by atoms with Crippen molar-refractivity contribution in [2.75, 3.05) is 12.9 Å². The summed E-state index contributed by atoms with van der Waals surface area (Å²) >= 11 is 1.23. The van der Waals surface area contributed by atoms with Crippen molar-refractivity contribution < 1.29 is 14.3 Å². The Balaban J connectivity index is 1.95. The highest BCUT2D eigenvalue weighted by molar-refractivity contribution is 7.99. The van der Waals surface area contributed by atoms with Crippen molar-refractivity contribution in [3.8, 4) is 22.8 Å². The highest BCUT2D eigenvalue weighted by Gasteiger charge is 2.20. The van der Waals surface area contributed by atoms with Crippen molar-refractivity contribution in [3.05, 3.63) is 54.1 Å². The van der Waals surface area contributed by atoms with Gasteiger partial charge in [-0.25, -0.2) is 4.79 Å². The second kappa shape index (κ2) is 11.0. The standard InChI is InChI=1S/C24H29N5O3S/c1-15(2)19-8-6-7-9-20(19)29-22(17-10-12-18(32-5)13-11-17)27-28-24(29)33-14-21(30)26-23(31)25-16(3)4/h6-13,15-16H,14H2,1-5H3,(H2,25,26,30,31). The Kier molecular flexibility index (Phi) is 8.11. The van der Waals surface area contributed by atoms with Crippen molar-refractivity contribution in [2.45, 2.75) is 44.8 Å². The number of nitrogens with zero attached hydrogens (tertiary/aromatic N) is 3. The number of urea groups is 1. The molecular formula is C24H29N5O3S. The van der Waals surface area contributed by atoms with Crippen molar-refractivity contribution in [1.29, 1.82) is 0 Å². The molecule has 0 aliphatic carbocycles. The molecule has 0 aliphatic heterocycles. The lowest BCUT2D eigenvalue weighted by Gasteiger charge is -2.17. The van der Waals surface area contributed by atoms with Gasteiger partial charge in [0.2, 0.25) is 5.91 Å². The molecule has 0 aliphatic rings. The molecule has 0 radical (unpaired) electrons. The van der Waals surface area contributed by atoms with Gasteiger partial charge in [0, 0.05) is 11.6 Å². The Morgan fingerprint density at radius 3 is 2.36 bits per heavy atom. The second-order valence-corrected chi connectivity index (χ2v) is 8.99. The van der Waals surface area contributed by atoms with Crippen LogP contribution in [0, 0.1) is 0 Å². The molecular weight excluding hydrogens is 438 g/mol. The number of rotatable bonds is 8. The minimum atomic E-state index is -0.513. The third-order valence-electron chi connectivity index (χ3n) is 4.79. The highest BCUT2D eigenvalue weighted by atomic mass is 32.2. The van der Waals surface area contributed by atoms with Crippen LogP contribution in [0.1, 0.15) is 39.2 Å². The maximum absolute atomic E-state index is 12.3. The molecule has 2 aromatic carbocycles. The Morgan fingerprint density at radius 1 is 1.03 bits per heavy atom. The number of methoxy groups -OCH3 is 1. The van der Waals surface area contributed by atoms with E-state index >= 15 is 0 Å². The third-order valence-corrected chi connectivity index (χ3v) is 5.72. The molecule has 2 N–H and O–H groups in total. The van der Waals surface area contributed by atoms with E-state index in [0.717, 1.165) is 22.6 Å². The lowest BCUT2D eigenvalue weighted by molar-refractivity contribution is -0.117. The van der Waals surface area contributed by atoms with E-state index in [4.69, 9.17) is 4.74 Å². The summed E-state index contributed by atoms with van der Waals surface area (Å²) < 4.78 is 7.23. The van der Waals surface area contributed by atoms with Gasteiger partial charge in [-0.15, -0.1) is 10.2 Å². The number of ether oxygens (including phenoxy) is 1. The number of amides is 3. The van der Waals surface area contributed by atoms with Crippen molar-refractivity contribution in [2.24, 2.45) is 0 Å². The average molecular weight is 468 g/mol. The molecule has 0 atom stereocenters. The van der Waals surface area contributed by atoms with E-state index in [0.29, 0.717) is 11.0 Å². The molecule has 9 heteroatoms. The van der Waals surface area contributed by atoms with Crippen LogP contribution in [-0.2, 0) is 4.79 Å². The summed E-state index contributed by atoms with van der Waals surface area (Å²) in [6.07, 6.45) is 0. The summed E-state index contributed by atoms with van der Waals surface area (Å²) in [4.78, 5) is 24.1. The number of aromatic nitrogens is 3.